The fourth-order valence-electron chi connectivity index (χ4n) is 5.07. The maximum Gasteiger partial charge on any atom is 0.297 e. The van der Waals surface area contributed by atoms with E-state index in [1.54, 1.807) is 24.3 Å². The molecule has 36 heavy (non-hydrogen) atoms. The van der Waals surface area contributed by atoms with Gasteiger partial charge in [0.1, 0.15) is 0 Å². The summed E-state index contributed by atoms with van der Waals surface area (Å²) in [6, 6.07) is 38.4. The minimum absolute atomic E-state index is 0.0204. The van der Waals surface area contributed by atoms with Crippen LogP contribution >= 0.6 is 0 Å². The van der Waals surface area contributed by atoms with Gasteiger partial charge in [0.15, 0.2) is 8.07 Å². The van der Waals surface area contributed by atoms with Crippen LogP contribution in [-0.2, 0) is 14.3 Å². The summed E-state index contributed by atoms with van der Waals surface area (Å²) in [4.78, 5) is 0.174. The van der Waals surface area contributed by atoms with E-state index in [-0.39, 0.29) is 10.4 Å². The van der Waals surface area contributed by atoms with Crippen LogP contribution in [0, 0.1) is 6.92 Å². The molecule has 0 aromatic heterocycles. The summed E-state index contributed by atoms with van der Waals surface area (Å²) in [6.07, 6.45) is 1.97. The second kappa shape index (κ2) is 11.2. The zero-order chi connectivity index (χ0) is 25.6. The van der Waals surface area contributed by atoms with Crippen LogP contribution in [0.3, 0.4) is 0 Å². The molecular formula is C31H32O3SSi. The SMILES string of the molecule is C=CC(CC(C)OS(=O)(=O)c1ccc(C)cc1)[Si](c1ccccc1)(c1ccccc1)c1ccccc1. The smallest absolute Gasteiger partial charge is 0.263 e. The molecule has 0 saturated heterocycles. The number of aryl methyl sites for hydroxylation is 1. The van der Waals surface area contributed by atoms with E-state index in [0.717, 1.165) is 5.56 Å². The van der Waals surface area contributed by atoms with E-state index < -0.39 is 24.3 Å². The molecule has 0 heterocycles. The van der Waals surface area contributed by atoms with Crippen molar-refractivity contribution in [3.8, 4) is 0 Å². The molecule has 2 atom stereocenters. The molecule has 0 aliphatic carbocycles. The van der Waals surface area contributed by atoms with Crippen LogP contribution in [0.1, 0.15) is 18.9 Å². The largest absolute Gasteiger partial charge is 0.297 e. The molecule has 0 amide bonds. The zero-order valence-electron chi connectivity index (χ0n) is 20.7. The molecule has 4 aromatic carbocycles. The molecule has 0 radical (unpaired) electrons. The van der Waals surface area contributed by atoms with Crippen molar-refractivity contribution in [2.24, 2.45) is 0 Å². The molecule has 5 heteroatoms. The average Bonchev–Trinajstić information content (AvgIpc) is 2.90. The normalized spacial score (nSPS) is 13.6. The average molecular weight is 513 g/mol. The van der Waals surface area contributed by atoms with Gasteiger partial charge in [-0.1, -0.05) is 115 Å². The van der Waals surface area contributed by atoms with Crippen molar-refractivity contribution < 1.29 is 12.6 Å². The van der Waals surface area contributed by atoms with Gasteiger partial charge < -0.3 is 0 Å². The first-order valence-electron chi connectivity index (χ1n) is 12.2. The standard InChI is InChI=1S/C31H32O3SSi/c1-4-28(24-26(3)34-35(32,33)27-22-20-25(2)21-23-27)36(29-14-8-5-9-15-29,30-16-10-6-11-17-30)31-18-12-7-13-19-31/h4-23,26,28H,1,24H2,2-3H3. The maximum atomic E-state index is 13.0. The second-order valence-corrected chi connectivity index (χ2v) is 14.8. The van der Waals surface area contributed by atoms with E-state index in [1.165, 1.54) is 15.6 Å². The summed E-state index contributed by atoms with van der Waals surface area (Å²) in [7, 11) is -6.56. The third kappa shape index (κ3) is 5.29. The first-order valence-corrected chi connectivity index (χ1v) is 15.7. The molecule has 4 aromatic rings. The molecule has 0 bridgehead atoms. The van der Waals surface area contributed by atoms with Crippen molar-refractivity contribution in [1.82, 2.24) is 0 Å². The predicted molar refractivity (Wildman–Crippen MR) is 151 cm³/mol. The second-order valence-electron chi connectivity index (χ2n) is 9.16. The summed E-state index contributed by atoms with van der Waals surface area (Å²) in [5.41, 5.74) is 0.978. The Morgan fingerprint density at radius 2 is 1.17 bits per heavy atom. The first-order chi connectivity index (χ1) is 17.4. The van der Waals surface area contributed by atoms with Gasteiger partial charge in [0, 0.05) is 0 Å². The van der Waals surface area contributed by atoms with Gasteiger partial charge in [-0.3, -0.25) is 4.18 Å². The van der Waals surface area contributed by atoms with Crippen molar-refractivity contribution in [1.29, 1.82) is 0 Å². The lowest BCUT2D eigenvalue weighted by molar-refractivity contribution is 0.219. The van der Waals surface area contributed by atoms with E-state index in [2.05, 4.69) is 79.4 Å². The van der Waals surface area contributed by atoms with Crippen LogP contribution in [-0.4, -0.2) is 22.6 Å². The fourth-order valence-corrected chi connectivity index (χ4v) is 11.6. The zero-order valence-corrected chi connectivity index (χ0v) is 22.6. The molecule has 0 fully saturated rings. The lowest BCUT2D eigenvalue weighted by Crippen LogP contribution is -2.69. The van der Waals surface area contributed by atoms with E-state index in [0.29, 0.717) is 6.42 Å². The summed E-state index contributed by atoms with van der Waals surface area (Å²) in [5, 5.41) is 3.75. The monoisotopic (exact) mass is 512 g/mol. The Kier molecular flexibility index (Phi) is 8.04. The number of hydrogen-bond donors (Lipinski definition) is 0. The van der Waals surface area contributed by atoms with Crippen molar-refractivity contribution >= 4 is 33.8 Å². The minimum Gasteiger partial charge on any atom is -0.263 e. The van der Waals surface area contributed by atoms with Crippen LogP contribution in [0.15, 0.2) is 133 Å². The summed E-state index contributed by atoms with van der Waals surface area (Å²) >= 11 is 0. The van der Waals surface area contributed by atoms with E-state index >= 15 is 0 Å². The van der Waals surface area contributed by atoms with Gasteiger partial charge in [-0.2, -0.15) is 8.42 Å². The number of rotatable bonds is 10. The van der Waals surface area contributed by atoms with Crippen LogP contribution in [0.25, 0.3) is 0 Å². The minimum atomic E-state index is -3.89. The Morgan fingerprint density at radius 1 is 0.750 bits per heavy atom. The van der Waals surface area contributed by atoms with Crippen LogP contribution in [0.2, 0.25) is 5.54 Å². The van der Waals surface area contributed by atoms with E-state index in [4.69, 9.17) is 4.18 Å². The third-order valence-electron chi connectivity index (χ3n) is 6.71. The molecule has 3 nitrogen and oxygen atoms in total. The van der Waals surface area contributed by atoms with Crippen molar-refractivity contribution in [2.45, 2.75) is 36.8 Å². The van der Waals surface area contributed by atoms with Gasteiger partial charge in [0.2, 0.25) is 0 Å². The fraction of sp³-hybridized carbons (Fsp3) is 0.161. The van der Waals surface area contributed by atoms with Gasteiger partial charge in [0.25, 0.3) is 10.1 Å². The van der Waals surface area contributed by atoms with Crippen LogP contribution in [0.4, 0.5) is 0 Å². The maximum absolute atomic E-state index is 13.0. The molecule has 184 valence electrons. The van der Waals surface area contributed by atoms with Gasteiger partial charge >= 0.3 is 0 Å². The molecule has 0 N–H and O–H groups in total. The lowest BCUT2D eigenvalue weighted by atomic mass is 10.2. The molecule has 0 aliphatic rings. The highest BCUT2D eigenvalue weighted by atomic mass is 32.2. The highest BCUT2D eigenvalue weighted by Crippen LogP contribution is 2.31. The number of allylic oxidation sites excluding steroid dienone is 1. The number of hydrogen-bond acceptors (Lipinski definition) is 3. The highest BCUT2D eigenvalue weighted by Gasteiger charge is 2.45. The Labute approximate surface area is 216 Å². The molecule has 0 saturated carbocycles. The Balaban J connectivity index is 1.79. The Hall–Kier alpha value is -3.25. The van der Waals surface area contributed by atoms with Crippen molar-refractivity contribution in [2.75, 3.05) is 0 Å². The highest BCUT2D eigenvalue weighted by molar-refractivity contribution is 7.86. The summed E-state index contributed by atoms with van der Waals surface area (Å²) in [5.74, 6) is 0. The van der Waals surface area contributed by atoms with Gasteiger partial charge in [-0.05, 0) is 53.5 Å². The van der Waals surface area contributed by atoms with Crippen LogP contribution in [0.5, 0.6) is 0 Å². The Morgan fingerprint density at radius 3 is 1.56 bits per heavy atom. The van der Waals surface area contributed by atoms with Crippen molar-refractivity contribution in [3.63, 3.8) is 0 Å². The van der Waals surface area contributed by atoms with Gasteiger partial charge in [-0.25, -0.2) is 0 Å². The molecule has 4 rings (SSSR count). The van der Waals surface area contributed by atoms with Crippen molar-refractivity contribution in [3.05, 3.63) is 133 Å². The van der Waals surface area contributed by atoms with Gasteiger partial charge in [-0.15, -0.1) is 6.58 Å². The third-order valence-corrected chi connectivity index (χ3v) is 13.5. The number of benzene rings is 4. The Bertz CT molecular complexity index is 1270. The lowest BCUT2D eigenvalue weighted by Gasteiger charge is -2.40. The quantitative estimate of drug-likeness (QED) is 0.127. The van der Waals surface area contributed by atoms with E-state index in [9.17, 15) is 8.42 Å². The van der Waals surface area contributed by atoms with Crippen LogP contribution < -0.4 is 15.6 Å². The predicted octanol–water partition coefficient (Wildman–Crippen LogP) is 5.21. The molecular weight excluding hydrogens is 480 g/mol. The molecule has 2 unspecified atom stereocenters. The molecule has 0 aliphatic heterocycles. The van der Waals surface area contributed by atoms with E-state index in [1.807, 2.05) is 38.1 Å². The topological polar surface area (TPSA) is 43.4 Å². The summed E-state index contributed by atoms with van der Waals surface area (Å²) in [6.45, 7) is 8.01. The molecule has 0 spiro atoms. The first kappa shape index (κ1) is 25.8. The van der Waals surface area contributed by atoms with Gasteiger partial charge in [0.05, 0.1) is 11.0 Å². The summed E-state index contributed by atoms with van der Waals surface area (Å²) < 4.78 is 31.8.